The van der Waals surface area contributed by atoms with Gasteiger partial charge in [0.2, 0.25) is 5.91 Å². The monoisotopic (exact) mass is 322 g/mol. The van der Waals surface area contributed by atoms with Crippen LogP contribution in [-0.4, -0.2) is 110 Å². The summed E-state index contributed by atoms with van der Waals surface area (Å²) in [6.07, 6.45) is 0. The van der Waals surface area contributed by atoms with Crippen molar-refractivity contribution in [2.75, 3.05) is 72.0 Å². The van der Waals surface area contributed by atoms with Gasteiger partial charge in [-0.25, -0.2) is 0 Å². The van der Waals surface area contributed by atoms with Crippen LogP contribution in [0.15, 0.2) is 4.99 Å². The topological polar surface area (TPSA) is 54.4 Å². The number of aliphatic imine (C=N–C) groups is 1. The van der Waals surface area contributed by atoms with E-state index in [4.69, 9.17) is 4.99 Å². The van der Waals surface area contributed by atoms with Gasteiger partial charge in [0, 0.05) is 78.4 Å². The Morgan fingerprint density at radius 2 is 1.70 bits per heavy atom. The van der Waals surface area contributed by atoms with E-state index >= 15 is 0 Å². The Morgan fingerprint density at radius 1 is 1.04 bits per heavy atom. The zero-order valence-corrected chi connectivity index (χ0v) is 14.5. The molecule has 0 aromatic carbocycles. The van der Waals surface area contributed by atoms with Gasteiger partial charge < -0.3 is 15.1 Å². The fourth-order valence-corrected chi connectivity index (χ4v) is 3.75. The highest BCUT2D eigenvalue weighted by molar-refractivity contribution is 5.80. The first-order chi connectivity index (χ1) is 11.2. The van der Waals surface area contributed by atoms with Crippen molar-refractivity contribution < 1.29 is 4.79 Å². The molecule has 1 atom stereocenters. The molecule has 130 valence electrons. The third-order valence-electron chi connectivity index (χ3n) is 5.20. The number of piperazine rings is 4. The molecule has 0 saturated carbocycles. The quantitative estimate of drug-likeness (QED) is 0.540. The first kappa shape index (κ1) is 16.5. The molecule has 2 bridgehead atoms. The Labute approximate surface area is 139 Å². The molecule has 4 saturated heterocycles. The summed E-state index contributed by atoms with van der Waals surface area (Å²) < 4.78 is 0. The van der Waals surface area contributed by atoms with Crippen LogP contribution in [0.25, 0.3) is 0 Å². The summed E-state index contributed by atoms with van der Waals surface area (Å²) in [5.41, 5.74) is 0. The van der Waals surface area contributed by atoms with Crippen LogP contribution in [0.2, 0.25) is 0 Å². The Morgan fingerprint density at radius 3 is 2.22 bits per heavy atom. The minimum Gasteiger partial charge on any atom is -0.357 e. The second kappa shape index (κ2) is 7.49. The summed E-state index contributed by atoms with van der Waals surface area (Å²) in [5.74, 6) is 1.18. The van der Waals surface area contributed by atoms with Gasteiger partial charge in [-0.3, -0.25) is 19.6 Å². The number of hydrogen-bond donors (Lipinski definition) is 1. The molecule has 4 aliphatic heterocycles. The van der Waals surface area contributed by atoms with Gasteiger partial charge in [0.15, 0.2) is 5.96 Å². The van der Waals surface area contributed by atoms with Crippen molar-refractivity contribution in [3.8, 4) is 0 Å². The molecule has 4 rings (SSSR count). The van der Waals surface area contributed by atoms with E-state index in [-0.39, 0.29) is 5.91 Å². The summed E-state index contributed by atoms with van der Waals surface area (Å²) in [5, 5.41) is 3.42. The molecule has 0 aromatic heterocycles. The molecule has 4 aliphatic rings. The van der Waals surface area contributed by atoms with E-state index in [1.807, 2.05) is 4.90 Å². The maximum Gasteiger partial charge on any atom is 0.219 e. The Hall–Kier alpha value is -1.34. The second-order valence-corrected chi connectivity index (χ2v) is 6.68. The van der Waals surface area contributed by atoms with Crippen LogP contribution in [0.1, 0.15) is 13.8 Å². The summed E-state index contributed by atoms with van der Waals surface area (Å²) >= 11 is 0. The molecule has 0 radical (unpaired) electrons. The second-order valence-electron chi connectivity index (χ2n) is 6.68. The van der Waals surface area contributed by atoms with Gasteiger partial charge in [0.25, 0.3) is 0 Å². The van der Waals surface area contributed by atoms with E-state index in [0.717, 1.165) is 51.8 Å². The van der Waals surface area contributed by atoms with Crippen LogP contribution in [0.5, 0.6) is 0 Å². The molecular formula is C16H30N6O. The van der Waals surface area contributed by atoms with Crippen molar-refractivity contribution in [3.05, 3.63) is 0 Å². The highest BCUT2D eigenvalue weighted by atomic mass is 16.2. The molecule has 7 heteroatoms. The Kier molecular flexibility index (Phi) is 5.38. The smallest absolute Gasteiger partial charge is 0.219 e. The maximum atomic E-state index is 11.5. The first-order valence-corrected chi connectivity index (χ1v) is 8.92. The van der Waals surface area contributed by atoms with Gasteiger partial charge in [-0.1, -0.05) is 0 Å². The van der Waals surface area contributed by atoms with Crippen LogP contribution in [-0.2, 0) is 4.79 Å². The fourth-order valence-electron chi connectivity index (χ4n) is 3.75. The number of nitrogens with zero attached hydrogens (tertiary/aromatic N) is 5. The number of hydrogen-bond acceptors (Lipinski definition) is 4. The molecule has 1 amide bonds. The summed E-state index contributed by atoms with van der Waals surface area (Å²) in [7, 11) is 0. The van der Waals surface area contributed by atoms with Crippen molar-refractivity contribution in [1.82, 2.24) is 24.9 Å². The largest absolute Gasteiger partial charge is 0.357 e. The number of amides is 1. The first-order valence-electron chi connectivity index (χ1n) is 8.92. The van der Waals surface area contributed by atoms with Crippen molar-refractivity contribution >= 4 is 11.9 Å². The Balaban J connectivity index is 1.57. The molecule has 0 aliphatic carbocycles. The Bertz CT molecular complexity index is 438. The van der Waals surface area contributed by atoms with Crippen LogP contribution in [0.4, 0.5) is 0 Å². The lowest BCUT2D eigenvalue weighted by atomic mass is 10.1. The number of nitrogens with one attached hydrogen (secondary N) is 1. The predicted molar refractivity (Wildman–Crippen MR) is 91.6 cm³/mol. The molecule has 7 nitrogen and oxygen atoms in total. The fraction of sp³-hybridized carbons (Fsp3) is 0.875. The molecule has 0 spiro atoms. The molecule has 4 heterocycles. The lowest BCUT2D eigenvalue weighted by molar-refractivity contribution is -0.130. The lowest BCUT2D eigenvalue weighted by Crippen LogP contribution is -2.62. The van der Waals surface area contributed by atoms with E-state index in [0.29, 0.717) is 6.04 Å². The number of carbonyl (C=O) groups excluding carboxylic acids is 1. The summed E-state index contributed by atoms with van der Waals surface area (Å²) in [4.78, 5) is 25.7. The molecule has 0 aromatic rings. The van der Waals surface area contributed by atoms with Crippen LogP contribution in [0.3, 0.4) is 0 Å². The molecule has 4 fully saturated rings. The predicted octanol–water partition coefficient (Wildman–Crippen LogP) is -0.884. The minimum absolute atomic E-state index is 0.173. The third kappa shape index (κ3) is 3.95. The van der Waals surface area contributed by atoms with E-state index in [9.17, 15) is 4.79 Å². The minimum atomic E-state index is 0.173. The average Bonchev–Trinajstić information content (AvgIpc) is 2.60. The zero-order chi connectivity index (χ0) is 16.2. The number of guanidine groups is 1. The van der Waals surface area contributed by atoms with Crippen molar-refractivity contribution in [3.63, 3.8) is 0 Å². The zero-order valence-electron chi connectivity index (χ0n) is 14.5. The van der Waals surface area contributed by atoms with Gasteiger partial charge >= 0.3 is 0 Å². The molecule has 1 unspecified atom stereocenters. The van der Waals surface area contributed by atoms with E-state index in [2.05, 4.69) is 26.9 Å². The standard InChI is InChI=1S/C16H30N6O/c1-3-17-16(22-10-8-20(9-11-22)14(2)23)18-12-15-13-19-4-6-21(15)7-5-19/h15H,3-13H2,1-2H3,(H,17,18). The van der Waals surface area contributed by atoms with Gasteiger partial charge in [-0.15, -0.1) is 0 Å². The maximum absolute atomic E-state index is 11.5. The number of rotatable bonds is 3. The van der Waals surface area contributed by atoms with Gasteiger partial charge in [-0.05, 0) is 6.92 Å². The van der Waals surface area contributed by atoms with Gasteiger partial charge in [-0.2, -0.15) is 0 Å². The number of fused-ring (bicyclic) bond motifs is 3. The van der Waals surface area contributed by atoms with Crippen LogP contribution < -0.4 is 5.32 Å². The van der Waals surface area contributed by atoms with Gasteiger partial charge in [0.05, 0.1) is 6.54 Å². The molecule has 23 heavy (non-hydrogen) atoms. The highest BCUT2D eigenvalue weighted by Gasteiger charge is 2.31. The van der Waals surface area contributed by atoms with Crippen molar-refractivity contribution in [2.24, 2.45) is 4.99 Å². The summed E-state index contributed by atoms with van der Waals surface area (Å²) in [6, 6.07) is 0.560. The normalized spacial score (nSPS) is 31.4. The highest BCUT2D eigenvalue weighted by Crippen LogP contribution is 2.16. The van der Waals surface area contributed by atoms with Gasteiger partial charge in [0.1, 0.15) is 0 Å². The van der Waals surface area contributed by atoms with Crippen LogP contribution >= 0.6 is 0 Å². The lowest BCUT2D eigenvalue weighted by Gasteiger charge is -2.47. The van der Waals surface area contributed by atoms with Crippen molar-refractivity contribution in [1.29, 1.82) is 0 Å². The third-order valence-corrected chi connectivity index (χ3v) is 5.20. The molecule has 1 N–H and O–H groups in total. The van der Waals surface area contributed by atoms with E-state index < -0.39 is 0 Å². The van der Waals surface area contributed by atoms with Crippen LogP contribution in [0, 0.1) is 0 Å². The summed E-state index contributed by atoms with van der Waals surface area (Å²) in [6.45, 7) is 14.8. The SMILES string of the molecule is CCNC(=NCC1CN2CCN1CC2)N1CCN(C(C)=O)CC1. The molecular weight excluding hydrogens is 292 g/mol. The average molecular weight is 322 g/mol. The van der Waals surface area contributed by atoms with E-state index in [1.54, 1.807) is 6.92 Å². The van der Waals surface area contributed by atoms with E-state index in [1.165, 1.54) is 26.2 Å². The number of carbonyl (C=O) groups is 1. The van der Waals surface area contributed by atoms with Crippen molar-refractivity contribution in [2.45, 2.75) is 19.9 Å².